The third-order valence-corrected chi connectivity index (χ3v) is 3.56. The zero-order chi connectivity index (χ0) is 12.8. The Morgan fingerprint density at radius 2 is 1.88 bits per heavy atom. The van der Waals surface area contributed by atoms with Gasteiger partial charge in [-0.05, 0) is 45.4 Å². The first-order chi connectivity index (χ1) is 7.82. The first-order valence-electron chi connectivity index (χ1n) is 5.63. The molecule has 0 N–H and O–H groups in total. The minimum Gasteiger partial charge on any atom is -0.309 e. The van der Waals surface area contributed by atoms with Crippen LogP contribution in [0, 0.1) is 6.92 Å². The second-order valence-electron chi connectivity index (χ2n) is 5.32. The van der Waals surface area contributed by atoms with Crippen LogP contribution in [0.4, 0.5) is 0 Å². The molecule has 0 radical (unpaired) electrons. The van der Waals surface area contributed by atoms with Gasteiger partial charge >= 0.3 is 0 Å². The number of nitrogens with zero attached hydrogens (tertiary/aromatic N) is 1. The van der Waals surface area contributed by atoms with Gasteiger partial charge in [-0.15, -0.1) is 0 Å². The Hall–Kier alpha value is -1.09. The highest BCUT2D eigenvalue weighted by molar-refractivity contribution is 9.10. The van der Waals surface area contributed by atoms with Crippen LogP contribution >= 0.6 is 15.9 Å². The first-order valence-corrected chi connectivity index (χ1v) is 6.42. The molecular weight excluding hydrogens is 278 g/mol. The quantitative estimate of drug-likeness (QED) is 0.724. The Balaban J connectivity index is 2.97. The molecule has 0 saturated carbocycles. The highest BCUT2D eigenvalue weighted by Crippen LogP contribution is 2.26. The fraction of sp³-hybridized carbons (Fsp3) is 0.357. The third kappa shape index (κ3) is 2.04. The summed E-state index contributed by atoms with van der Waals surface area (Å²) in [5.41, 5.74) is 0.986. The van der Waals surface area contributed by atoms with Crippen molar-refractivity contribution in [3.63, 3.8) is 0 Å². The minimum absolute atomic E-state index is 0.0689. The van der Waals surface area contributed by atoms with Crippen LogP contribution < -0.4 is 5.56 Å². The molecule has 2 nitrogen and oxygen atoms in total. The van der Waals surface area contributed by atoms with E-state index in [9.17, 15) is 4.79 Å². The maximum absolute atomic E-state index is 12.4. The van der Waals surface area contributed by atoms with Crippen molar-refractivity contribution < 1.29 is 0 Å². The van der Waals surface area contributed by atoms with E-state index in [4.69, 9.17) is 0 Å². The molecule has 0 spiro atoms. The van der Waals surface area contributed by atoms with Crippen LogP contribution in [0.15, 0.2) is 33.7 Å². The largest absolute Gasteiger partial charge is 0.309 e. The lowest BCUT2D eigenvalue weighted by Gasteiger charge is -2.24. The summed E-state index contributed by atoms with van der Waals surface area (Å²) in [4.78, 5) is 12.4. The molecule has 0 aliphatic rings. The van der Waals surface area contributed by atoms with Gasteiger partial charge in [-0.25, -0.2) is 0 Å². The monoisotopic (exact) mass is 293 g/mol. The van der Waals surface area contributed by atoms with Gasteiger partial charge in [0.25, 0.3) is 5.56 Å². The SMILES string of the molecule is Cc1cn(C(C)(C)C)c(=O)c2cccc(Br)c12. The Kier molecular flexibility index (Phi) is 2.90. The normalized spacial score (nSPS) is 12.1. The number of aryl methyl sites for hydroxylation is 1. The molecule has 0 bridgehead atoms. The molecule has 0 aliphatic heterocycles. The summed E-state index contributed by atoms with van der Waals surface area (Å²) in [6.07, 6.45) is 1.94. The van der Waals surface area contributed by atoms with Crippen LogP contribution in [0.2, 0.25) is 0 Å². The van der Waals surface area contributed by atoms with E-state index in [2.05, 4.69) is 15.9 Å². The third-order valence-electron chi connectivity index (χ3n) is 2.90. The van der Waals surface area contributed by atoms with Crippen molar-refractivity contribution in [2.75, 3.05) is 0 Å². The summed E-state index contributed by atoms with van der Waals surface area (Å²) in [6, 6.07) is 5.76. The van der Waals surface area contributed by atoms with Crippen molar-refractivity contribution >= 4 is 26.7 Å². The number of hydrogen-bond donors (Lipinski definition) is 0. The van der Waals surface area contributed by atoms with Crippen LogP contribution in [0.25, 0.3) is 10.8 Å². The topological polar surface area (TPSA) is 22.0 Å². The van der Waals surface area contributed by atoms with Gasteiger partial charge in [0.15, 0.2) is 0 Å². The van der Waals surface area contributed by atoms with Gasteiger partial charge < -0.3 is 4.57 Å². The lowest BCUT2D eigenvalue weighted by molar-refractivity contribution is 0.385. The number of hydrogen-bond acceptors (Lipinski definition) is 1. The number of aromatic nitrogens is 1. The molecule has 0 saturated heterocycles. The average Bonchev–Trinajstić information content (AvgIpc) is 2.21. The molecule has 90 valence electrons. The average molecular weight is 294 g/mol. The van der Waals surface area contributed by atoms with Gasteiger partial charge in [-0.1, -0.05) is 22.0 Å². The summed E-state index contributed by atoms with van der Waals surface area (Å²) in [5.74, 6) is 0. The van der Waals surface area contributed by atoms with Crippen molar-refractivity contribution in [2.24, 2.45) is 0 Å². The lowest BCUT2D eigenvalue weighted by atomic mass is 10.0. The zero-order valence-corrected chi connectivity index (χ0v) is 12.1. The molecule has 0 unspecified atom stereocenters. The van der Waals surface area contributed by atoms with Crippen LogP contribution in [-0.4, -0.2) is 4.57 Å². The fourth-order valence-electron chi connectivity index (χ4n) is 2.05. The van der Waals surface area contributed by atoms with Gasteiger partial charge in [0.2, 0.25) is 0 Å². The van der Waals surface area contributed by atoms with Crippen LogP contribution in [-0.2, 0) is 5.54 Å². The van der Waals surface area contributed by atoms with Gasteiger partial charge in [0.05, 0.1) is 0 Å². The molecule has 0 aliphatic carbocycles. The molecule has 0 atom stereocenters. The molecule has 3 heteroatoms. The first kappa shape index (κ1) is 12.4. The number of fused-ring (bicyclic) bond motifs is 1. The molecular formula is C14H16BrNO. The highest BCUT2D eigenvalue weighted by Gasteiger charge is 2.17. The van der Waals surface area contributed by atoms with Gasteiger partial charge in [0.1, 0.15) is 0 Å². The summed E-state index contributed by atoms with van der Waals surface area (Å²) in [7, 11) is 0. The van der Waals surface area contributed by atoms with Crippen LogP contribution in [0.1, 0.15) is 26.3 Å². The van der Waals surface area contributed by atoms with E-state index in [1.165, 1.54) is 0 Å². The van der Waals surface area contributed by atoms with E-state index in [0.717, 1.165) is 20.8 Å². The van der Waals surface area contributed by atoms with Gasteiger partial charge in [-0.3, -0.25) is 4.79 Å². The lowest BCUT2D eigenvalue weighted by Crippen LogP contribution is -2.33. The van der Waals surface area contributed by atoms with E-state index >= 15 is 0 Å². The molecule has 2 rings (SSSR count). The molecule has 1 heterocycles. The number of halogens is 1. The maximum atomic E-state index is 12.4. The van der Waals surface area contributed by atoms with E-state index in [-0.39, 0.29) is 11.1 Å². The predicted molar refractivity (Wildman–Crippen MR) is 75.6 cm³/mol. The Bertz CT molecular complexity index is 635. The van der Waals surface area contributed by atoms with Crippen LogP contribution in [0.3, 0.4) is 0 Å². The van der Waals surface area contributed by atoms with E-state index in [1.807, 2.05) is 52.1 Å². The van der Waals surface area contributed by atoms with Crippen molar-refractivity contribution in [1.29, 1.82) is 0 Å². The van der Waals surface area contributed by atoms with Crippen molar-refractivity contribution in [2.45, 2.75) is 33.2 Å². The molecule has 0 amide bonds. The van der Waals surface area contributed by atoms with E-state index in [1.54, 1.807) is 4.57 Å². The smallest absolute Gasteiger partial charge is 0.258 e. The summed E-state index contributed by atoms with van der Waals surface area (Å²) < 4.78 is 2.78. The van der Waals surface area contributed by atoms with Crippen molar-refractivity contribution in [3.8, 4) is 0 Å². The second-order valence-corrected chi connectivity index (χ2v) is 6.17. The van der Waals surface area contributed by atoms with Crippen molar-refractivity contribution in [3.05, 3.63) is 44.8 Å². The predicted octanol–water partition coefficient (Wildman–Crippen LogP) is 3.83. The summed E-state index contributed by atoms with van der Waals surface area (Å²) >= 11 is 3.51. The molecule has 1 aromatic carbocycles. The Morgan fingerprint density at radius 1 is 1.24 bits per heavy atom. The second kappa shape index (κ2) is 3.98. The number of rotatable bonds is 0. The molecule has 0 fully saturated rings. The van der Waals surface area contributed by atoms with Gasteiger partial charge in [0, 0.05) is 27.0 Å². The Labute approximate surface area is 109 Å². The minimum atomic E-state index is -0.196. The molecule has 2 aromatic rings. The Morgan fingerprint density at radius 3 is 2.47 bits per heavy atom. The number of benzene rings is 1. The van der Waals surface area contributed by atoms with E-state index < -0.39 is 0 Å². The fourth-order valence-corrected chi connectivity index (χ4v) is 2.73. The zero-order valence-electron chi connectivity index (χ0n) is 10.5. The highest BCUT2D eigenvalue weighted by atomic mass is 79.9. The standard InChI is InChI=1S/C14H16BrNO/c1-9-8-16(14(2,3)4)13(17)10-6-5-7-11(15)12(9)10/h5-8H,1-4H3. The summed E-state index contributed by atoms with van der Waals surface area (Å²) in [6.45, 7) is 8.15. The maximum Gasteiger partial charge on any atom is 0.258 e. The van der Waals surface area contributed by atoms with Crippen LogP contribution in [0.5, 0.6) is 0 Å². The van der Waals surface area contributed by atoms with E-state index in [0.29, 0.717) is 0 Å². The molecule has 1 aromatic heterocycles. The number of pyridine rings is 1. The van der Waals surface area contributed by atoms with Gasteiger partial charge in [-0.2, -0.15) is 0 Å². The summed E-state index contributed by atoms with van der Waals surface area (Å²) in [5, 5.41) is 1.78. The van der Waals surface area contributed by atoms with Crippen molar-refractivity contribution in [1.82, 2.24) is 4.57 Å². The molecule has 17 heavy (non-hydrogen) atoms.